The van der Waals surface area contributed by atoms with Gasteiger partial charge in [0.25, 0.3) is 0 Å². The van der Waals surface area contributed by atoms with Gasteiger partial charge in [0.1, 0.15) is 17.4 Å². The van der Waals surface area contributed by atoms with Gasteiger partial charge < -0.3 is 18.8 Å². The van der Waals surface area contributed by atoms with Crippen LogP contribution in [0.4, 0.5) is 8.78 Å². The molecule has 39 heavy (non-hydrogen) atoms. The van der Waals surface area contributed by atoms with Crippen LogP contribution < -0.4 is 0 Å². The number of nitrogens with zero attached hydrogens (tertiary/aromatic N) is 2. The van der Waals surface area contributed by atoms with E-state index >= 15 is 4.39 Å². The summed E-state index contributed by atoms with van der Waals surface area (Å²) in [5, 5.41) is 11.8. The highest BCUT2D eigenvalue weighted by atomic mass is 19.1. The molecule has 4 heterocycles. The third-order valence-corrected chi connectivity index (χ3v) is 8.07. The molecule has 1 fully saturated rings. The van der Waals surface area contributed by atoms with Crippen molar-refractivity contribution in [1.29, 1.82) is 0 Å². The monoisotopic (exact) mass is 530 g/mol. The Morgan fingerprint density at radius 1 is 1.03 bits per heavy atom. The number of rotatable bonds is 5. The van der Waals surface area contributed by atoms with E-state index in [0.29, 0.717) is 18.8 Å². The Morgan fingerprint density at radius 3 is 2.46 bits per heavy atom. The minimum absolute atomic E-state index is 0.0457. The van der Waals surface area contributed by atoms with Gasteiger partial charge in [-0.05, 0) is 75.8 Å². The molecule has 0 amide bonds. The molecule has 202 valence electrons. The van der Waals surface area contributed by atoms with E-state index in [-0.39, 0.29) is 5.92 Å². The molecule has 1 N–H and O–H groups in total. The van der Waals surface area contributed by atoms with Crippen molar-refractivity contribution in [1.82, 2.24) is 9.55 Å². The number of aliphatic hydroxyl groups is 1. The Kier molecular flexibility index (Phi) is 6.31. The molecule has 1 saturated heterocycles. The van der Waals surface area contributed by atoms with Crippen LogP contribution in [0.1, 0.15) is 55.2 Å². The fraction of sp³-hybridized carbons (Fsp3) is 0.344. The number of halogens is 2. The summed E-state index contributed by atoms with van der Waals surface area (Å²) in [5.74, 6) is -0.343. The molecule has 5 nitrogen and oxygen atoms in total. The lowest BCUT2D eigenvalue weighted by atomic mass is 9.86. The molecule has 5 aromatic rings. The predicted molar refractivity (Wildman–Crippen MR) is 148 cm³/mol. The highest BCUT2D eigenvalue weighted by Crippen LogP contribution is 2.43. The first kappa shape index (κ1) is 25.7. The summed E-state index contributed by atoms with van der Waals surface area (Å²) in [7, 11) is 0. The maximum absolute atomic E-state index is 15.6. The lowest BCUT2D eigenvalue weighted by Crippen LogP contribution is -2.27. The third kappa shape index (κ3) is 4.43. The van der Waals surface area contributed by atoms with Crippen molar-refractivity contribution in [3.8, 4) is 11.1 Å². The first-order valence-corrected chi connectivity index (χ1v) is 13.4. The number of hydrogen-bond acceptors (Lipinski definition) is 4. The standard InChI is InChI=1S/C32H32F2N2O3/c1-18-17-39-19(2)29(18)21-13-28-30(35-16-21)25-7-5-22(32(3,4)37)14-27(25)36(28)31(20-9-11-38-12-10-20)24-8-6-23(33)15-26(24)34/h5-8,13-17,20,31,37H,9-12H2,1-4H3. The van der Waals surface area contributed by atoms with Crippen molar-refractivity contribution in [2.24, 2.45) is 5.92 Å². The molecule has 1 aliphatic rings. The fourth-order valence-corrected chi connectivity index (χ4v) is 6.10. The molecule has 2 aromatic carbocycles. The second-order valence-corrected chi connectivity index (χ2v) is 11.2. The predicted octanol–water partition coefficient (Wildman–Crippen LogP) is 7.59. The number of ether oxygens (including phenoxy) is 1. The van der Waals surface area contributed by atoms with E-state index in [2.05, 4.69) is 10.6 Å². The topological polar surface area (TPSA) is 60.4 Å². The lowest BCUT2D eigenvalue weighted by Gasteiger charge is -2.33. The maximum Gasteiger partial charge on any atom is 0.131 e. The zero-order chi connectivity index (χ0) is 27.5. The van der Waals surface area contributed by atoms with E-state index in [0.717, 1.165) is 68.9 Å². The minimum Gasteiger partial charge on any atom is -0.469 e. The minimum atomic E-state index is -1.08. The van der Waals surface area contributed by atoms with Crippen LogP contribution in [0.25, 0.3) is 33.1 Å². The first-order chi connectivity index (χ1) is 18.6. The van der Waals surface area contributed by atoms with Gasteiger partial charge in [-0.2, -0.15) is 0 Å². The molecular weight excluding hydrogens is 498 g/mol. The molecule has 0 saturated carbocycles. The third-order valence-electron chi connectivity index (χ3n) is 8.07. The molecule has 1 aliphatic heterocycles. The molecule has 1 atom stereocenters. The van der Waals surface area contributed by atoms with Gasteiger partial charge in [0.05, 0.1) is 34.5 Å². The van der Waals surface area contributed by atoms with Crippen LogP contribution in [-0.4, -0.2) is 27.9 Å². The molecule has 1 unspecified atom stereocenters. The van der Waals surface area contributed by atoms with E-state index in [9.17, 15) is 9.50 Å². The summed E-state index contributed by atoms with van der Waals surface area (Å²) in [6.07, 6.45) is 5.06. The van der Waals surface area contributed by atoms with E-state index in [1.165, 1.54) is 6.07 Å². The smallest absolute Gasteiger partial charge is 0.131 e. The summed E-state index contributed by atoms with van der Waals surface area (Å²) in [6, 6.07) is 11.4. The molecule has 0 bridgehead atoms. The van der Waals surface area contributed by atoms with Crippen LogP contribution in [-0.2, 0) is 10.3 Å². The molecule has 0 radical (unpaired) electrons. The highest BCUT2D eigenvalue weighted by Gasteiger charge is 2.33. The van der Waals surface area contributed by atoms with Gasteiger partial charge in [-0.3, -0.25) is 4.98 Å². The number of fused-ring (bicyclic) bond motifs is 3. The molecule has 7 heteroatoms. The van der Waals surface area contributed by atoms with Gasteiger partial charge in [0.2, 0.25) is 0 Å². The zero-order valence-electron chi connectivity index (χ0n) is 22.6. The highest BCUT2D eigenvalue weighted by molar-refractivity contribution is 6.07. The van der Waals surface area contributed by atoms with E-state index < -0.39 is 23.3 Å². The Morgan fingerprint density at radius 2 is 1.79 bits per heavy atom. The van der Waals surface area contributed by atoms with E-state index in [4.69, 9.17) is 14.1 Å². The van der Waals surface area contributed by atoms with Crippen molar-refractivity contribution in [2.45, 2.75) is 52.2 Å². The van der Waals surface area contributed by atoms with Gasteiger partial charge >= 0.3 is 0 Å². The quantitative estimate of drug-likeness (QED) is 0.254. The average molecular weight is 531 g/mol. The summed E-state index contributed by atoms with van der Waals surface area (Å²) in [5.41, 5.74) is 5.46. The molecule has 3 aromatic heterocycles. The van der Waals surface area contributed by atoms with Crippen LogP contribution in [0.2, 0.25) is 0 Å². The van der Waals surface area contributed by atoms with Gasteiger partial charge in [0.15, 0.2) is 0 Å². The number of aryl methyl sites for hydroxylation is 2. The summed E-state index contributed by atoms with van der Waals surface area (Å²) in [6.45, 7) is 8.57. The molecule has 0 spiro atoms. The zero-order valence-corrected chi connectivity index (χ0v) is 22.6. The van der Waals surface area contributed by atoms with E-state index in [1.54, 1.807) is 26.2 Å². The Balaban J connectivity index is 1.71. The molecule has 0 aliphatic carbocycles. The number of pyridine rings is 1. The van der Waals surface area contributed by atoms with E-state index in [1.807, 2.05) is 38.2 Å². The second-order valence-electron chi connectivity index (χ2n) is 11.2. The van der Waals surface area contributed by atoms with Crippen molar-refractivity contribution in [3.05, 3.63) is 89.0 Å². The van der Waals surface area contributed by atoms with Crippen molar-refractivity contribution < 1.29 is 23.0 Å². The SMILES string of the molecule is Cc1coc(C)c1-c1cnc2c3ccc(C(C)(C)O)cc3n(C(c3ccc(F)cc3F)C3CCOCC3)c2c1. The number of furan rings is 1. The molecular formula is C32H32F2N2O3. The Labute approximate surface area is 226 Å². The van der Waals surface area contributed by atoms with Gasteiger partial charge in [-0.25, -0.2) is 8.78 Å². The number of benzene rings is 2. The van der Waals surface area contributed by atoms with Crippen LogP contribution >= 0.6 is 0 Å². The van der Waals surface area contributed by atoms with Crippen LogP contribution in [0.5, 0.6) is 0 Å². The fourth-order valence-electron chi connectivity index (χ4n) is 6.10. The van der Waals surface area contributed by atoms with Crippen molar-refractivity contribution in [2.75, 3.05) is 13.2 Å². The Hall–Kier alpha value is -3.55. The van der Waals surface area contributed by atoms with Gasteiger partial charge in [-0.15, -0.1) is 0 Å². The largest absolute Gasteiger partial charge is 0.469 e. The van der Waals surface area contributed by atoms with Gasteiger partial charge in [0, 0.05) is 47.6 Å². The summed E-state index contributed by atoms with van der Waals surface area (Å²) < 4.78 is 43.1. The normalized spacial score (nSPS) is 15.9. The van der Waals surface area contributed by atoms with Crippen LogP contribution in [0.15, 0.2) is 59.3 Å². The summed E-state index contributed by atoms with van der Waals surface area (Å²) in [4.78, 5) is 4.91. The first-order valence-electron chi connectivity index (χ1n) is 13.4. The summed E-state index contributed by atoms with van der Waals surface area (Å²) >= 11 is 0. The van der Waals surface area contributed by atoms with Crippen LogP contribution in [0.3, 0.4) is 0 Å². The van der Waals surface area contributed by atoms with Gasteiger partial charge in [-0.1, -0.05) is 18.2 Å². The van der Waals surface area contributed by atoms with Crippen molar-refractivity contribution >= 4 is 21.9 Å². The molecule has 6 rings (SSSR count). The second kappa shape index (κ2) is 9.57. The number of aromatic nitrogens is 2. The Bertz CT molecular complexity index is 1670. The number of hydrogen-bond donors (Lipinski definition) is 1. The lowest BCUT2D eigenvalue weighted by molar-refractivity contribution is 0.0548. The van der Waals surface area contributed by atoms with Crippen molar-refractivity contribution in [3.63, 3.8) is 0 Å². The average Bonchev–Trinajstić information content (AvgIpc) is 3.41. The maximum atomic E-state index is 15.6. The van der Waals surface area contributed by atoms with Crippen LogP contribution in [0, 0.1) is 31.4 Å².